The Morgan fingerprint density at radius 3 is 2.82 bits per heavy atom. The lowest BCUT2D eigenvalue weighted by molar-refractivity contribution is 0.194. The molecule has 3 aromatic rings. The molecule has 0 amide bonds. The van der Waals surface area contributed by atoms with Crippen molar-refractivity contribution in [2.24, 2.45) is 0 Å². The molecule has 1 aromatic carbocycles. The number of nitrogens with zero attached hydrogens (tertiary/aromatic N) is 1. The highest BCUT2D eigenvalue weighted by Gasteiger charge is 2.12. The minimum atomic E-state index is -0.296. The van der Waals surface area contributed by atoms with Gasteiger partial charge in [0.05, 0.1) is 5.39 Å². The van der Waals surface area contributed by atoms with Gasteiger partial charge in [0.15, 0.2) is 0 Å². The van der Waals surface area contributed by atoms with E-state index in [9.17, 15) is 9.18 Å². The molecule has 2 heterocycles. The van der Waals surface area contributed by atoms with Gasteiger partial charge in [-0.25, -0.2) is 9.37 Å². The van der Waals surface area contributed by atoms with Crippen LogP contribution in [-0.4, -0.2) is 23.7 Å². The maximum absolute atomic E-state index is 13.0. The molecular formula is C16H15FN2O2S. The number of methoxy groups -OCH3 is 1. The molecule has 4 nitrogen and oxygen atoms in total. The first kappa shape index (κ1) is 14.9. The van der Waals surface area contributed by atoms with E-state index in [1.165, 1.54) is 23.5 Å². The van der Waals surface area contributed by atoms with E-state index in [-0.39, 0.29) is 11.4 Å². The fraction of sp³-hybridized carbons (Fsp3) is 0.250. The van der Waals surface area contributed by atoms with Crippen LogP contribution >= 0.6 is 11.3 Å². The first-order valence-corrected chi connectivity index (χ1v) is 7.82. The number of H-pyrrole nitrogens is 1. The number of hydrogen-bond donors (Lipinski definition) is 1. The third-order valence-corrected chi connectivity index (χ3v) is 4.28. The molecule has 0 spiro atoms. The highest BCUT2D eigenvalue weighted by atomic mass is 32.1. The van der Waals surface area contributed by atoms with Crippen LogP contribution in [0.1, 0.15) is 12.2 Å². The van der Waals surface area contributed by atoms with Crippen LogP contribution in [0, 0.1) is 5.82 Å². The standard InChI is InChI=1S/C16H15FN2O2S/c1-21-8-2-3-13-18-15(20)14-12(9-22-16(14)19-13)10-4-6-11(17)7-5-10/h4-7,9H,2-3,8H2,1H3,(H,18,19,20). The van der Waals surface area contributed by atoms with Gasteiger partial charge in [0, 0.05) is 31.1 Å². The second-order valence-corrected chi connectivity index (χ2v) is 5.80. The molecule has 0 unspecified atom stereocenters. The van der Waals surface area contributed by atoms with Crippen molar-refractivity contribution in [1.82, 2.24) is 9.97 Å². The second kappa shape index (κ2) is 6.37. The topological polar surface area (TPSA) is 55.0 Å². The number of fused-ring (bicyclic) bond motifs is 1. The summed E-state index contributed by atoms with van der Waals surface area (Å²) in [6.07, 6.45) is 1.48. The summed E-state index contributed by atoms with van der Waals surface area (Å²) in [5.74, 6) is 0.373. The number of nitrogens with one attached hydrogen (secondary N) is 1. The maximum Gasteiger partial charge on any atom is 0.260 e. The van der Waals surface area contributed by atoms with Gasteiger partial charge in [-0.3, -0.25) is 4.79 Å². The Kier molecular flexibility index (Phi) is 4.31. The summed E-state index contributed by atoms with van der Waals surface area (Å²) in [7, 11) is 1.65. The lowest BCUT2D eigenvalue weighted by atomic mass is 10.1. The quantitative estimate of drug-likeness (QED) is 0.734. The van der Waals surface area contributed by atoms with E-state index in [4.69, 9.17) is 4.74 Å². The van der Waals surface area contributed by atoms with Crippen LogP contribution in [-0.2, 0) is 11.2 Å². The number of aromatic nitrogens is 2. The molecule has 0 radical (unpaired) electrons. The zero-order valence-corrected chi connectivity index (χ0v) is 12.9. The molecule has 0 atom stereocenters. The third kappa shape index (κ3) is 2.93. The SMILES string of the molecule is COCCCc1nc2scc(-c3ccc(F)cc3)c2c(=O)[nH]1. The molecule has 6 heteroatoms. The summed E-state index contributed by atoms with van der Waals surface area (Å²) in [6, 6.07) is 6.12. The number of thiophene rings is 1. The maximum atomic E-state index is 13.0. The van der Waals surface area contributed by atoms with Crippen LogP contribution in [0.25, 0.3) is 21.3 Å². The van der Waals surface area contributed by atoms with E-state index < -0.39 is 0 Å². The summed E-state index contributed by atoms with van der Waals surface area (Å²) in [5, 5.41) is 2.45. The van der Waals surface area contributed by atoms with Crippen molar-refractivity contribution in [3.63, 3.8) is 0 Å². The Balaban J connectivity index is 2.01. The molecule has 0 aliphatic heterocycles. The van der Waals surface area contributed by atoms with Gasteiger partial charge < -0.3 is 9.72 Å². The van der Waals surface area contributed by atoms with Gasteiger partial charge in [0.1, 0.15) is 16.5 Å². The molecule has 0 bridgehead atoms. The van der Waals surface area contributed by atoms with Crippen LogP contribution in [0.2, 0.25) is 0 Å². The van der Waals surface area contributed by atoms with Crippen LogP contribution in [0.3, 0.4) is 0 Å². The minimum absolute atomic E-state index is 0.155. The van der Waals surface area contributed by atoms with Crippen LogP contribution in [0.4, 0.5) is 4.39 Å². The number of aromatic amines is 1. The van der Waals surface area contributed by atoms with E-state index in [2.05, 4.69) is 9.97 Å². The smallest absolute Gasteiger partial charge is 0.260 e. The molecular weight excluding hydrogens is 303 g/mol. The van der Waals surface area contributed by atoms with E-state index >= 15 is 0 Å². The van der Waals surface area contributed by atoms with Gasteiger partial charge in [-0.05, 0) is 24.1 Å². The van der Waals surface area contributed by atoms with Gasteiger partial charge in [0.25, 0.3) is 5.56 Å². The number of benzene rings is 1. The zero-order chi connectivity index (χ0) is 15.5. The molecule has 0 aliphatic carbocycles. The fourth-order valence-corrected chi connectivity index (χ4v) is 3.30. The molecule has 2 aromatic heterocycles. The van der Waals surface area contributed by atoms with Crippen LogP contribution in [0.15, 0.2) is 34.4 Å². The van der Waals surface area contributed by atoms with Gasteiger partial charge >= 0.3 is 0 Å². The summed E-state index contributed by atoms with van der Waals surface area (Å²) >= 11 is 1.42. The number of rotatable bonds is 5. The van der Waals surface area contributed by atoms with Gasteiger partial charge in [0.2, 0.25) is 0 Å². The van der Waals surface area contributed by atoms with Gasteiger partial charge in [-0.15, -0.1) is 11.3 Å². The average Bonchev–Trinajstić information content (AvgIpc) is 2.93. The monoisotopic (exact) mass is 318 g/mol. The number of ether oxygens (including phenoxy) is 1. The lowest BCUT2D eigenvalue weighted by Crippen LogP contribution is -2.11. The molecule has 3 rings (SSSR count). The highest BCUT2D eigenvalue weighted by Crippen LogP contribution is 2.30. The van der Waals surface area contributed by atoms with E-state index in [1.807, 2.05) is 5.38 Å². The second-order valence-electron chi connectivity index (χ2n) is 4.95. The Labute approximate surface area is 130 Å². The van der Waals surface area contributed by atoms with Crippen molar-refractivity contribution < 1.29 is 9.13 Å². The average molecular weight is 318 g/mol. The summed E-state index contributed by atoms with van der Waals surface area (Å²) in [6.45, 7) is 0.632. The minimum Gasteiger partial charge on any atom is -0.385 e. The first-order chi connectivity index (χ1) is 10.7. The van der Waals surface area contributed by atoms with Crippen LogP contribution < -0.4 is 5.56 Å². The van der Waals surface area contributed by atoms with Crippen molar-refractivity contribution in [1.29, 1.82) is 0 Å². The van der Waals surface area contributed by atoms with Gasteiger partial charge in [-0.2, -0.15) is 0 Å². The molecule has 0 fully saturated rings. The predicted molar refractivity (Wildman–Crippen MR) is 85.8 cm³/mol. The lowest BCUT2D eigenvalue weighted by Gasteiger charge is -2.02. The molecule has 1 N–H and O–H groups in total. The van der Waals surface area contributed by atoms with Crippen molar-refractivity contribution in [3.05, 3.63) is 51.6 Å². The molecule has 114 valence electrons. The third-order valence-electron chi connectivity index (χ3n) is 3.41. The van der Waals surface area contributed by atoms with Crippen molar-refractivity contribution in [2.75, 3.05) is 13.7 Å². The molecule has 0 saturated carbocycles. The largest absolute Gasteiger partial charge is 0.385 e. The first-order valence-electron chi connectivity index (χ1n) is 6.94. The van der Waals surface area contributed by atoms with E-state index in [0.29, 0.717) is 29.1 Å². The Morgan fingerprint density at radius 2 is 2.09 bits per heavy atom. The molecule has 0 aliphatic rings. The highest BCUT2D eigenvalue weighted by molar-refractivity contribution is 7.17. The van der Waals surface area contributed by atoms with E-state index in [0.717, 1.165) is 17.5 Å². The summed E-state index contributed by atoms with van der Waals surface area (Å²) < 4.78 is 18.0. The number of halogens is 1. The summed E-state index contributed by atoms with van der Waals surface area (Å²) in [5.41, 5.74) is 1.45. The number of hydrogen-bond acceptors (Lipinski definition) is 4. The van der Waals surface area contributed by atoms with E-state index in [1.54, 1.807) is 19.2 Å². The predicted octanol–water partition coefficient (Wildman–Crippen LogP) is 3.37. The zero-order valence-electron chi connectivity index (χ0n) is 12.1. The Bertz CT molecular complexity index is 839. The van der Waals surface area contributed by atoms with Gasteiger partial charge in [-0.1, -0.05) is 12.1 Å². The molecule has 22 heavy (non-hydrogen) atoms. The Morgan fingerprint density at radius 1 is 1.32 bits per heavy atom. The summed E-state index contributed by atoms with van der Waals surface area (Å²) in [4.78, 5) is 20.4. The Hall–Kier alpha value is -2.05. The normalized spacial score (nSPS) is 11.2. The van der Waals surface area contributed by atoms with Crippen molar-refractivity contribution in [3.8, 4) is 11.1 Å². The van der Waals surface area contributed by atoms with Crippen molar-refractivity contribution in [2.45, 2.75) is 12.8 Å². The number of aryl methyl sites for hydroxylation is 1. The molecule has 0 saturated heterocycles. The van der Waals surface area contributed by atoms with Crippen molar-refractivity contribution >= 4 is 21.6 Å². The van der Waals surface area contributed by atoms with Crippen LogP contribution in [0.5, 0.6) is 0 Å². The fourth-order valence-electron chi connectivity index (χ4n) is 2.34.